The molecule has 0 amide bonds. The maximum Gasteiger partial charge on any atom is 0.271 e. The van der Waals surface area contributed by atoms with Gasteiger partial charge in [-0.15, -0.1) is 0 Å². The molecule has 0 aromatic heterocycles. The Morgan fingerprint density at radius 1 is 0.960 bits per heavy atom. The Morgan fingerprint density at radius 2 is 1.60 bits per heavy atom. The van der Waals surface area contributed by atoms with E-state index in [1.165, 1.54) is 11.1 Å². The number of hydrogen-bond donors (Lipinski definition) is 0. The summed E-state index contributed by atoms with van der Waals surface area (Å²) in [5.74, 6) is -0.0761. The molecule has 0 atom stereocenters. The van der Waals surface area contributed by atoms with Crippen molar-refractivity contribution in [2.24, 2.45) is 0 Å². The van der Waals surface area contributed by atoms with Crippen LogP contribution in [0.1, 0.15) is 50.3 Å². The third-order valence-electron chi connectivity index (χ3n) is 4.67. The normalized spacial score (nSPS) is 12.3. The standard InChI is InChI=1S/C21H28O3S/c1-4-21(2,3)20-15-9-8-13-19(20)14-10-16-24-25(22,23)17-18-11-6-5-7-12-18/h5-9,11-13,15H,4,10,14,16-17H2,1-3H3. The summed E-state index contributed by atoms with van der Waals surface area (Å²) in [4.78, 5) is 0. The van der Waals surface area contributed by atoms with Crippen LogP contribution in [-0.4, -0.2) is 15.0 Å². The van der Waals surface area contributed by atoms with Crippen LogP contribution in [0.2, 0.25) is 0 Å². The zero-order valence-electron chi connectivity index (χ0n) is 15.4. The molecule has 0 spiro atoms. The lowest BCUT2D eigenvalue weighted by Crippen LogP contribution is -2.18. The molecule has 136 valence electrons. The van der Waals surface area contributed by atoms with Gasteiger partial charge in [-0.25, -0.2) is 0 Å². The highest BCUT2D eigenvalue weighted by molar-refractivity contribution is 7.85. The monoisotopic (exact) mass is 360 g/mol. The molecule has 0 aliphatic rings. The fourth-order valence-corrected chi connectivity index (χ4v) is 3.91. The minimum atomic E-state index is -3.53. The molecular formula is C21H28O3S. The molecule has 2 aromatic carbocycles. The van der Waals surface area contributed by atoms with Gasteiger partial charge in [-0.1, -0.05) is 75.4 Å². The quantitative estimate of drug-likeness (QED) is 0.474. The Kier molecular flexibility index (Phi) is 6.79. The fraction of sp³-hybridized carbons (Fsp3) is 0.429. The molecule has 0 saturated carbocycles. The Bertz CT molecular complexity index is 765. The molecule has 0 saturated heterocycles. The predicted octanol–water partition coefficient (Wildman–Crippen LogP) is 4.85. The lowest BCUT2D eigenvalue weighted by Gasteiger charge is -2.26. The summed E-state index contributed by atoms with van der Waals surface area (Å²) in [6, 6.07) is 17.5. The van der Waals surface area contributed by atoms with Gasteiger partial charge in [0, 0.05) is 0 Å². The van der Waals surface area contributed by atoms with Crippen molar-refractivity contribution in [2.45, 2.75) is 51.2 Å². The second kappa shape index (κ2) is 8.63. The van der Waals surface area contributed by atoms with Crippen molar-refractivity contribution >= 4 is 10.1 Å². The first-order valence-corrected chi connectivity index (χ1v) is 10.4. The predicted molar refractivity (Wildman–Crippen MR) is 103 cm³/mol. The minimum absolute atomic E-state index is 0.0761. The number of aryl methyl sites for hydroxylation is 1. The number of hydrogen-bond acceptors (Lipinski definition) is 3. The average molecular weight is 361 g/mol. The van der Waals surface area contributed by atoms with E-state index < -0.39 is 10.1 Å². The van der Waals surface area contributed by atoms with E-state index in [0.717, 1.165) is 18.4 Å². The smallest absolute Gasteiger partial charge is 0.270 e. The van der Waals surface area contributed by atoms with E-state index in [1.807, 2.05) is 24.3 Å². The van der Waals surface area contributed by atoms with Gasteiger partial charge in [-0.2, -0.15) is 8.42 Å². The van der Waals surface area contributed by atoms with Crippen LogP contribution in [0.25, 0.3) is 0 Å². The second-order valence-corrected chi connectivity index (χ2v) is 8.65. The Labute approximate surface area is 152 Å². The van der Waals surface area contributed by atoms with Crippen molar-refractivity contribution < 1.29 is 12.6 Å². The average Bonchev–Trinajstić information content (AvgIpc) is 2.59. The minimum Gasteiger partial charge on any atom is -0.270 e. The molecule has 0 unspecified atom stereocenters. The molecule has 0 heterocycles. The molecule has 0 fully saturated rings. The Morgan fingerprint density at radius 3 is 2.28 bits per heavy atom. The van der Waals surface area contributed by atoms with Crippen molar-refractivity contribution in [3.63, 3.8) is 0 Å². The molecule has 4 heteroatoms. The van der Waals surface area contributed by atoms with E-state index in [1.54, 1.807) is 12.1 Å². The van der Waals surface area contributed by atoms with Gasteiger partial charge in [-0.3, -0.25) is 4.18 Å². The summed E-state index contributed by atoms with van der Waals surface area (Å²) in [5, 5.41) is 0. The summed E-state index contributed by atoms with van der Waals surface area (Å²) in [6.45, 7) is 6.89. The van der Waals surface area contributed by atoms with Gasteiger partial charge < -0.3 is 0 Å². The van der Waals surface area contributed by atoms with Crippen LogP contribution < -0.4 is 0 Å². The van der Waals surface area contributed by atoms with Crippen LogP contribution in [0.3, 0.4) is 0 Å². The first kappa shape index (κ1) is 19.7. The lowest BCUT2D eigenvalue weighted by molar-refractivity contribution is 0.311. The molecule has 2 rings (SSSR count). The van der Waals surface area contributed by atoms with Crippen molar-refractivity contribution in [1.82, 2.24) is 0 Å². The SMILES string of the molecule is CCC(C)(C)c1ccccc1CCCOS(=O)(=O)Cc1ccccc1. The van der Waals surface area contributed by atoms with Crippen molar-refractivity contribution in [3.8, 4) is 0 Å². The summed E-state index contributed by atoms with van der Waals surface area (Å²) >= 11 is 0. The van der Waals surface area contributed by atoms with Gasteiger partial charge in [0.25, 0.3) is 10.1 Å². The van der Waals surface area contributed by atoms with Crippen molar-refractivity contribution in [3.05, 3.63) is 71.3 Å². The van der Waals surface area contributed by atoms with Crippen LogP contribution in [0.5, 0.6) is 0 Å². The highest BCUT2D eigenvalue weighted by Gasteiger charge is 2.21. The van der Waals surface area contributed by atoms with Gasteiger partial charge in [-0.05, 0) is 41.4 Å². The summed E-state index contributed by atoms with van der Waals surface area (Å²) in [6.07, 6.45) is 2.57. The third-order valence-corrected chi connectivity index (χ3v) is 5.88. The largest absolute Gasteiger partial charge is 0.271 e. The molecule has 2 aromatic rings. The second-order valence-electron chi connectivity index (χ2n) is 7.01. The lowest BCUT2D eigenvalue weighted by atomic mass is 9.79. The summed E-state index contributed by atoms with van der Waals surface area (Å²) < 4.78 is 29.3. The highest BCUT2D eigenvalue weighted by Crippen LogP contribution is 2.30. The molecule has 3 nitrogen and oxygen atoms in total. The third kappa shape index (κ3) is 5.98. The molecule has 0 N–H and O–H groups in total. The van der Waals surface area contributed by atoms with Crippen LogP contribution in [0.15, 0.2) is 54.6 Å². The summed E-state index contributed by atoms with van der Waals surface area (Å²) in [7, 11) is -3.53. The molecule has 0 radical (unpaired) electrons. The van der Waals surface area contributed by atoms with Crippen molar-refractivity contribution in [1.29, 1.82) is 0 Å². The molecule has 0 bridgehead atoms. The van der Waals surface area contributed by atoms with Crippen LogP contribution in [0.4, 0.5) is 0 Å². The molecular weight excluding hydrogens is 332 g/mol. The maximum atomic E-state index is 12.1. The van der Waals surface area contributed by atoms with Crippen LogP contribution >= 0.6 is 0 Å². The van der Waals surface area contributed by atoms with Gasteiger partial charge in [0.1, 0.15) is 5.75 Å². The van der Waals surface area contributed by atoms with Gasteiger partial charge in [0.05, 0.1) is 6.61 Å². The Balaban J connectivity index is 1.89. The number of benzene rings is 2. The van der Waals surface area contributed by atoms with E-state index in [9.17, 15) is 8.42 Å². The van der Waals surface area contributed by atoms with E-state index in [2.05, 4.69) is 39.0 Å². The Hall–Kier alpha value is -1.65. The van der Waals surface area contributed by atoms with Crippen LogP contribution in [-0.2, 0) is 31.9 Å². The van der Waals surface area contributed by atoms with Gasteiger partial charge >= 0.3 is 0 Å². The van der Waals surface area contributed by atoms with Gasteiger partial charge in [0.2, 0.25) is 0 Å². The first-order chi connectivity index (χ1) is 11.8. The van der Waals surface area contributed by atoms with Crippen LogP contribution in [0, 0.1) is 0 Å². The maximum absolute atomic E-state index is 12.1. The molecule has 0 aliphatic heterocycles. The topological polar surface area (TPSA) is 43.4 Å². The van der Waals surface area contributed by atoms with Gasteiger partial charge in [0.15, 0.2) is 0 Å². The van der Waals surface area contributed by atoms with E-state index in [-0.39, 0.29) is 17.8 Å². The summed E-state index contributed by atoms with van der Waals surface area (Å²) in [5.41, 5.74) is 3.48. The zero-order valence-corrected chi connectivity index (χ0v) is 16.2. The van der Waals surface area contributed by atoms with E-state index >= 15 is 0 Å². The molecule has 25 heavy (non-hydrogen) atoms. The highest BCUT2D eigenvalue weighted by atomic mass is 32.2. The van der Waals surface area contributed by atoms with E-state index in [0.29, 0.717) is 6.42 Å². The van der Waals surface area contributed by atoms with Crippen molar-refractivity contribution in [2.75, 3.05) is 6.61 Å². The molecule has 0 aliphatic carbocycles. The first-order valence-electron chi connectivity index (χ1n) is 8.83. The van der Waals surface area contributed by atoms with E-state index in [4.69, 9.17) is 4.18 Å². The number of rotatable bonds is 9. The fourth-order valence-electron chi connectivity index (χ4n) is 2.86. The zero-order chi connectivity index (χ0) is 18.3.